The first-order chi connectivity index (χ1) is 8.25. The molecule has 1 aliphatic heterocycles. The normalized spacial score (nSPS) is 17.5. The van der Waals surface area contributed by atoms with E-state index in [9.17, 15) is 0 Å². The molecule has 0 unspecified atom stereocenters. The predicted molar refractivity (Wildman–Crippen MR) is 72.8 cm³/mol. The van der Waals surface area contributed by atoms with Crippen molar-refractivity contribution in [1.29, 1.82) is 0 Å². The van der Waals surface area contributed by atoms with Crippen molar-refractivity contribution in [2.24, 2.45) is 0 Å². The van der Waals surface area contributed by atoms with Gasteiger partial charge in [0.05, 0.1) is 13.2 Å². The number of ether oxygens (including phenoxy) is 1. The number of hydrogen-bond acceptors (Lipinski definition) is 4. The summed E-state index contributed by atoms with van der Waals surface area (Å²) in [6.07, 6.45) is 0. The summed E-state index contributed by atoms with van der Waals surface area (Å²) < 4.78 is 5.33. The van der Waals surface area contributed by atoms with Crippen molar-refractivity contribution < 1.29 is 4.74 Å². The van der Waals surface area contributed by atoms with Gasteiger partial charge in [-0.2, -0.15) is 0 Å². The van der Waals surface area contributed by atoms with Crippen LogP contribution in [0.3, 0.4) is 0 Å². The van der Waals surface area contributed by atoms with Crippen LogP contribution in [0.2, 0.25) is 0 Å². The molecule has 0 aliphatic carbocycles. The molecule has 1 aliphatic rings. The maximum absolute atomic E-state index is 5.33. The first-order valence-corrected chi connectivity index (χ1v) is 7.14. The fraction of sp³-hybridized carbons (Fsp3) is 0.692. The average Bonchev–Trinajstić information content (AvgIpc) is 2.65. The maximum Gasteiger partial charge on any atom is 0.0594 e. The topological polar surface area (TPSA) is 24.5 Å². The minimum atomic E-state index is 0.892. The van der Waals surface area contributed by atoms with E-state index >= 15 is 0 Å². The number of morpholine rings is 1. The van der Waals surface area contributed by atoms with Gasteiger partial charge in [0.2, 0.25) is 0 Å². The van der Waals surface area contributed by atoms with E-state index in [-0.39, 0.29) is 0 Å². The molecule has 1 saturated heterocycles. The first kappa shape index (κ1) is 13.0. The molecular formula is C13H22N2OS. The van der Waals surface area contributed by atoms with Crippen LogP contribution in [0.1, 0.15) is 15.3 Å². The summed E-state index contributed by atoms with van der Waals surface area (Å²) in [5, 5.41) is 3.53. The van der Waals surface area contributed by atoms with Crippen LogP contribution in [0.5, 0.6) is 0 Å². The van der Waals surface area contributed by atoms with Crippen LogP contribution >= 0.6 is 11.3 Å². The number of rotatable bonds is 5. The summed E-state index contributed by atoms with van der Waals surface area (Å²) >= 11 is 1.89. The van der Waals surface area contributed by atoms with Gasteiger partial charge in [-0.15, -0.1) is 11.3 Å². The second kappa shape index (κ2) is 6.50. The summed E-state index contributed by atoms with van der Waals surface area (Å²) in [6.45, 7) is 11.5. The Hall–Kier alpha value is -0.420. The zero-order chi connectivity index (χ0) is 12.1. The Morgan fingerprint density at radius 2 is 2.12 bits per heavy atom. The third-order valence-corrected chi connectivity index (χ3v) is 4.18. The van der Waals surface area contributed by atoms with Crippen LogP contribution in [0, 0.1) is 13.8 Å². The molecule has 0 amide bonds. The van der Waals surface area contributed by atoms with E-state index in [0.717, 1.165) is 45.9 Å². The maximum atomic E-state index is 5.33. The standard InChI is InChI=1S/C13H22N2OS/c1-11-9-13(12(2)17-11)10-14-3-4-15-5-7-16-8-6-15/h9,14H,3-8,10H2,1-2H3. The molecule has 3 nitrogen and oxygen atoms in total. The van der Waals surface area contributed by atoms with Gasteiger partial charge in [0.15, 0.2) is 0 Å². The Kier molecular flexibility index (Phi) is 4.98. The molecular weight excluding hydrogens is 232 g/mol. The van der Waals surface area contributed by atoms with Crippen LogP contribution in [0.25, 0.3) is 0 Å². The lowest BCUT2D eigenvalue weighted by molar-refractivity contribution is 0.0384. The molecule has 0 aromatic carbocycles. The van der Waals surface area contributed by atoms with E-state index in [4.69, 9.17) is 4.74 Å². The summed E-state index contributed by atoms with van der Waals surface area (Å²) in [6, 6.07) is 2.29. The molecule has 1 fully saturated rings. The molecule has 0 atom stereocenters. The van der Waals surface area contributed by atoms with Crippen molar-refractivity contribution in [3.63, 3.8) is 0 Å². The minimum Gasteiger partial charge on any atom is -0.379 e. The molecule has 2 heterocycles. The van der Waals surface area contributed by atoms with Crippen molar-refractivity contribution in [2.75, 3.05) is 39.4 Å². The van der Waals surface area contributed by atoms with Crippen LogP contribution in [-0.4, -0.2) is 44.3 Å². The highest BCUT2D eigenvalue weighted by Crippen LogP contribution is 2.19. The lowest BCUT2D eigenvalue weighted by atomic mass is 10.2. The zero-order valence-corrected chi connectivity index (χ0v) is 11.6. The van der Waals surface area contributed by atoms with Crippen molar-refractivity contribution in [1.82, 2.24) is 10.2 Å². The van der Waals surface area contributed by atoms with Gasteiger partial charge in [0.25, 0.3) is 0 Å². The molecule has 0 bridgehead atoms. The third kappa shape index (κ3) is 4.07. The Morgan fingerprint density at radius 1 is 1.35 bits per heavy atom. The minimum absolute atomic E-state index is 0.892. The number of hydrogen-bond donors (Lipinski definition) is 1. The first-order valence-electron chi connectivity index (χ1n) is 6.32. The molecule has 4 heteroatoms. The highest BCUT2D eigenvalue weighted by atomic mass is 32.1. The molecule has 0 spiro atoms. The molecule has 0 radical (unpaired) electrons. The van der Waals surface area contributed by atoms with E-state index in [2.05, 4.69) is 30.1 Å². The SMILES string of the molecule is Cc1cc(CNCCN2CCOCC2)c(C)s1. The van der Waals surface area contributed by atoms with Crippen molar-refractivity contribution in [2.45, 2.75) is 20.4 Å². The monoisotopic (exact) mass is 254 g/mol. The average molecular weight is 254 g/mol. The smallest absolute Gasteiger partial charge is 0.0594 e. The van der Waals surface area contributed by atoms with E-state index < -0.39 is 0 Å². The second-order valence-electron chi connectivity index (χ2n) is 4.57. The van der Waals surface area contributed by atoms with Crippen molar-refractivity contribution in [3.8, 4) is 0 Å². The van der Waals surface area contributed by atoms with E-state index in [1.165, 1.54) is 15.3 Å². The molecule has 2 rings (SSSR count). The lowest BCUT2D eigenvalue weighted by Crippen LogP contribution is -2.40. The number of thiophene rings is 1. The Morgan fingerprint density at radius 3 is 2.76 bits per heavy atom. The molecule has 1 aromatic heterocycles. The third-order valence-electron chi connectivity index (χ3n) is 3.17. The van der Waals surface area contributed by atoms with E-state index in [0.29, 0.717) is 0 Å². The van der Waals surface area contributed by atoms with Crippen molar-refractivity contribution in [3.05, 3.63) is 21.4 Å². The molecule has 17 heavy (non-hydrogen) atoms. The van der Waals surface area contributed by atoms with Gasteiger partial charge in [-0.05, 0) is 25.5 Å². The summed E-state index contributed by atoms with van der Waals surface area (Å²) in [5.41, 5.74) is 1.45. The van der Waals surface area contributed by atoms with Crippen LogP contribution in [-0.2, 0) is 11.3 Å². The van der Waals surface area contributed by atoms with E-state index in [1.54, 1.807) is 0 Å². The van der Waals surface area contributed by atoms with Gasteiger partial charge < -0.3 is 10.1 Å². The predicted octanol–water partition coefficient (Wildman–Crippen LogP) is 1.79. The summed E-state index contributed by atoms with van der Waals surface area (Å²) in [7, 11) is 0. The van der Waals surface area contributed by atoms with Gasteiger partial charge in [-0.1, -0.05) is 0 Å². The largest absolute Gasteiger partial charge is 0.379 e. The van der Waals surface area contributed by atoms with Gasteiger partial charge in [0, 0.05) is 42.5 Å². The Bertz CT molecular complexity index is 345. The van der Waals surface area contributed by atoms with Gasteiger partial charge >= 0.3 is 0 Å². The fourth-order valence-electron chi connectivity index (χ4n) is 2.14. The van der Waals surface area contributed by atoms with Crippen LogP contribution in [0.4, 0.5) is 0 Å². The van der Waals surface area contributed by atoms with Crippen LogP contribution in [0.15, 0.2) is 6.07 Å². The summed E-state index contributed by atoms with van der Waals surface area (Å²) in [5.74, 6) is 0. The number of nitrogens with one attached hydrogen (secondary N) is 1. The van der Waals surface area contributed by atoms with Gasteiger partial charge in [0.1, 0.15) is 0 Å². The quantitative estimate of drug-likeness (QED) is 0.811. The lowest BCUT2D eigenvalue weighted by Gasteiger charge is -2.26. The summed E-state index contributed by atoms with van der Waals surface area (Å²) in [4.78, 5) is 5.32. The Balaban J connectivity index is 1.64. The fourth-order valence-corrected chi connectivity index (χ4v) is 3.09. The van der Waals surface area contributed by atoms with E-state index in [1.807, 2.05) is 11.3 Å². The molecule has 1 N–H and O–H groups in total. The molecule has 96 valence electrons. The molecule has 1 aromatic rings. The van der Waals surface area contributed by atoms with Crippen molar-refractivity contribution >= 4 is 11.3 Å². The number of aryl methyl sites for hydroxylation is 2. The molecule has 0 saturated carbocycles. The number of nitrogens with zero attached hydrogens (tertiary/aromatic N) is 1. The second-order valence-corrected chi connectivity index (χ2v) is 6.03. The Labute approximate surface area is 108 Å². The highest BCUT2D eigenvalue weighted by Gasteiger charge is 2.09. The van der Waals surface area contributed by atoms with Gasteiger partial charge in [-0.25, -0.2) is 0 Å². The zero-order valence-electron chi connectivity index (χ0n) is 10.8. The highest BCUT2D eigenvalue weighted by molar-refractivity contribution is 7.12. The van der Waals surface area contributed by atoms with Crippen LogP contribution < -0.4 is 5.32 Å². The van der Waals surface area contributed by atoms with Gasteiger partial charge in [-0.3, -0.25) is 4.90 Å².